The molecular formula is C30H35F5N8O5S. The Bertz CT molecular complexity index is 1840. The van der Waals surface area contributed by atoms with Crippen LogP contribution in [0, 0.1) is 17.8 Å². The van der Waals surface area contributed by atoms with Gasteiger partial charge in [0.1, 0.15) is 15.5 Å². The molecule has 3 aromatic rings. The number of carbonyl (C=O) groups excluding carboxylic acids is 2. The molecule has 2 amide bonds. The minimum Gasteiger partial charge on any atom is -0.355 e. The summed E-state index contributed by atoms with van der Waals surface area (Å²) in [6.07, 6.45) is -2.15. The van der Waals surface area contributed by atoms with Gasteiger partial charge in [0.05, 0.1) is 46.7 Å². The molecule has 4 aliphatic rings. The van der Waals surface area contributed by atoms with Gasteiger partial charge in [-0.05, 0) is 56.0 Å². The van der Waals surface area contributed by atoms with Crippen molar-refractivity contribution < 1.29 is 44.6 Å². The molecular weight excluding hydrogens is 679 g/mol. The molecule has 49 heavy (non-hydrogen) atoms. The molecule has 13 nitrogen and oxygen atoms in total. The highest BCUT2D eigenvalue weighted by Gasteiger charge is 2.45. The molecule has 266 valence electrons. The fourth-order valence-electron chi connectivity index (χ4n) is 7.24. The number of hydrogen-bond acceptors (Lipinski definition) is 10. The minimum atomic E-state index is -4.51. The number of nitrogens with zero attached hydrogens (tertiary/aromatic N) is 6. The molecule has 2 aliphatic heterocycles. The number of rotatable bonds is 8. The number of sulfone groups is 1. The van der Waals surface area contributed by atoms with E-state index in [4.69, 9.17) is 9.61 Å². The van der Waals surface area contributed by atoms with Crippen LogP contribution >= 0.6 is 0 Å². The number of imidazole rings is 1. The molecule has 7 rings (SSSR count). The van der Waals surface area contributed by atoms with Gasteiger partial charge in [0.25, 0.3) is 11.7 Å². The third-order valence-electron chi connectivity index (χ3n) is 10.3. The van der Waals surface area contributed by atoms with Crippen molar-refractivity contribution >= 4 is 27.4 Å². The van der Waals surface area contributed by atoms with E-state index >= 15 is 0 Å². The molecule has 19 heteroatoms. The highest BCUT2D eigenvalue weighted by Crippen LogP contribution is 2.43. The summed E-state index contributed by atoms with van der Waals surface area (Å²) in [5, 5.41) is 17.6. The first-order valence-corrected chi connectivity index (χ1v) is 18.3. The molecule has 3 atom stereocenters. The second-order valence-corrected chi connectivity index (χ2v) is 16.1. The van der Waals surface area contributed by atoms with Crippen LogP contribution < -0.4 is 10.6 Å². The van der Waals surface area contributed by atoms with Gasteiger partial charge in [0, 0.05) is 43.6 Å². The summed E-state index contributed by atoms with van der Waals surface area (Å²) in [5.74, 6) is -7.72. The summed E-state index contributed by atoms with van der Waals surface area (Å²) < 4.78 is 99.8. The fraction of sp³-hybridized carbons (Fsp3) is 0.700. The minimum absolute atomic E-state index is 0.00777. The van der Waals surface area contributed by atoms with Gasteiger partial charge in [0.15, 0.2) is 5.69 Å². The Morgan fingerprint density at radius 1 is 1.04 bits per heavy atom. The lowest BCUT2D eigenvalue weighted by Gasteiger charge is -2.33. The zero-order valence-corrected chi connectivity index (χ0v) is 27.1. The van der Waals surface area contributed by atoms with Gasteiger partial charge in [-0.15, -0.1) is 0 Å². The standard InChI is InChI=1S/C30H35F5N8O5S/c31-29(32)7-3-16(4-8-29)23(38-27(45)25-24(15-1-2-15)41-48-42-25)21-14-43-28(37-21)39-22(17-5-9-49(46,47)10-6-17)20(40-43)12-18-11-19(30(33,34)35)13-36-26(18)44/h14-19,23H,1-13H2,(H,36,44)(H,38,45)/t18-,19-,23?/m1/s1. The molecule has 0 spiro atoms. The molecule has 5 heterocycles. The van der Waals surface area contributed by atoms with Crippen LogP contribution in [0.25, 0.3) is 5.78 Å². The van der Waals surface area contributed by atoms with E-state index < -0.39 is 76.4 Å². The Labute approximate surface area is 277 Å². The molecule has 2 saturated carbocycles. The lowest BCUT2D eigenvalue weighted by atomic mass is 9.81. The van der Waals surface area contributed by atoms with Crippen molar-refractivity contribution in [3.05, 3.63) is 34.7 Å². The van der Waals surface area contributed by atoms with E-state index in [0.29, 0.717) is 11.4 Å². The van der Waals surface area contributed by atoms with Crippen LogP contribution in [0.1, 0.15) is 109 Å². The third kappa shape index (κ3) is 7.26. The number of nitrogens with one attached hydrogen (secondary N) is 2. The fourth-order valence-corrected chi connectivity index (χ4v) is 8.74. The lowest BCUT2D eigenvalue weighted by molar-refractivity contribution is -0.183. The van der Waals surface area contributed by atoms with Crippen molar-refractivity contribution in [2.45, 2.75) is 94.2 Å². The van der Waals surface area contributed by atoms with Crippen LogP contribution in [-0.4, -0.2) is 80.3 Å². The smallest absolute Gasteiger partial charge is 0.355 e. The second kappa shape index (κ2) is 12.5. The number of hydrogen-bond donors (Lipinski definition) is 2. The molecule has 1 unspecified atom stereocenters. The molecule has 2 saturated heterocycles. The predicted octanol–water partition coefficient (Wildman–Crippen LogP) is 3.83. The van der Waals surface area contributed by atoms with Gasteiger partial charge in [0.2, 0.25) is 11.8 Å². The maximum Gasteiger partial charge on any atom is 0.393 e. The summed E-state index contributed by atoms with van der Waals surface area (Å²) in [7, 11) is -3.27. The first-order chi connectivity index (χ1) is 23.2. The topological polar surface area (TPSA) is 174 Å². The van der Waals surface area contributed by atoms with E-state index in [1.165, 1.54) is 10.7 Å². The maximum absolute atomic E-state index is 14.2. The number of carbonyl (C=O) groups is 2. The first-order valence-electron chi connectivity index (χ1n) is 16.5. The van der Waals surface area contributed by atoms with Crippen molar-refractivity contribution in [3.63, 3.8) is 0 Å². The summed E-state index contributed by atoms with van der Waals surface area (Å²) in [6, 6.07) is -0.862. The van der Waals surface area contributed by atoms with Crippen LogP contribution in [0.3, 0.4) is 0 Å². The highest BCUT2D eigenvalue weighted by atomic mass is 32.2. The number of fused-ring (bicyclic) bond motifs is 1. The van der Waals surface area contributed by atoms with E-state index in [1.807, 2.05) is 0 Å². The average Bonchev–Trinajstić information content (AvgIpc) is 3.60. The van der Waals surface area contributed by atoms with Crippen molar-refractivity contribution in [2.24, 2.45) is 17.8 Å². The molecule has 2 aliphatic carbocycles. The summed E-state index contributed by atoms with van der Waals surface area (Å²) >= 11 is 0. The molecule has 0 aromatic carbocycles. The van der Waals surface area contributed by atoms with Crippen LogP contribution in [0.15, 0.2) is 10.8 Å². The number of halogens is 5. The molecule has 0 bridgehead atoms. The largest absolute Gasteiger partial charge is 0.393 e. The molecule has 2 N–H and O–H groups in total. The first kappa shape index (κ1) is 33.7. The quantitative estimate of drug-likeness (QED) is 0.327. The van der Waals surface area contributed by atoms with Crippen LogP contribution in [0.5, 0.6) is 0 Å². The molecule has 3 aromatic heterocycles. The summed E-state index contributed by atoms with van der Waals surface area (Å²) in [4.78, 5) is 35.6. The van der Waals surface area contributed by atoms with E-state index in [2.05, 4.69) is 31.0 Å². The van der Waals surface area contributed by atoms with E-state index in [9.17, 15) is 40.0 Å². The zero-order valence-electron chi connectivity index (χ0n) is 26.3. The Hall–Kier alpha value is -3.77. The Kier molecular flexibility index (Phi) is 8.62. The van der Waals surface area contributed by atoms with E-state index in [-0.39, 0.29) is 85.2 Å². The van der Waals surface area contributed by atoms with Crippen molar-refractivity contribution in [2.75, 3.05) is 18.1 Å². The normalized spacial score (nSPS) is 25.6. The maximum atomic E-state index is 14.2. The van der Waals surface area contributed by atoms with Gasteiger partial charge in [-0.2, -0.15) is 18.3 Å². The van der Waals surface area contributed by atoms with Gasteiger partial charge < -0.3 is 10.6 Å². The van der Waals surface area contributed by atoms with Crippen molar-refractivity contribution in [3.8, 4) is 0 Å². The second-order valence-electron chi connectivity index (χ2n) is 13.8. The highest BCUT2D eigenvalue weighted by molar-refractivity contribution is 7.91. The Balaban J connectivity index is 1.24. The van der Waals surface area contributed by atoms with Gasteiger partial charge in [-0.25, -0.2) is 36.3 Å². The van der Waals surface area contributed by atoms with Crippen LogP contribution in [-0.2, 0) is 21.1 Å². The summed E-state index contributed by atoms with van der Waals surface area (Å²) in [5.41, 5.74) is 1.29. The van der Waals surface area contributed by atoms with Crippen LogP contribution in [0.2, 0.25) is 0 Å². The number of alkyl halides is 5. The number of piperidine rings is 1. The van der Waals surface area contributed by atoms with Gasteiger partial charge in [-0.3, -0.25) is 9.59 Å². The number of amides is 2. The Morgan fingerprint density at radius 3 is 2.41 bits per heavy atom. The van der Waals surface area contributed by atoms with Gasteiger partial charge in [-0.1, -0.05) is 5.16 Å². The lowest BCUT2D eigenvalue weighted by Crippen LogP contribution is -2.47. The van der Waals surface area contributed by atoms with Crippen molar-refractivity contribution in [1.82, 2.24) is 40.5 Å². The predicted molar refractivity (Wildman–Crippen MR) is 159 cm³/mol. The SMILES string of the molecule is O=C(NC(c1cn2nc(C[C@H]3C[C@@H](C(F)(F)F)CNC3=O)c(C3CCS(=O)(=O)CC3)nc2n1)C1CCC(F)(F)CC1)c1nonc1C1CC1. The van der Waals surface area contributed by atoms with Crippen molar-refractivity contribution in [1.29, 1.82) is 0 Å². The third-order valence-corrected chi connectivity index (χ3v) is 12.0. The number of aromatic nitrogens is 6. The zero-order chi connectivity index (χ0) is 34.7. The Morgan fingerprint density at radius 2 is 1.73 bits per heavy atom. The van der Waals surface area contributed by atoms with Crippen LogP contribution in [0.4, 0.5) is 22.0 Å². The summed E-state index contributed by atoms with van der Waals surface area (Å²) in [6.45, 7) is -0.519. The van der Waals surface area contributed by atoms with E-state index in [0.717, 1.165) is 12.8 Å². The van der Waals surface area contributed by atoms with Gasteiger partial charge >= 0.3 is 6.18 Å². The molecule has 4 fully saturated rings. The van der Waals surface area contributed by atoms with E-state index in [1.54, 1.807) is 0 Å². The monoisotopic (exact) mass is 714 g/mol. The molecule has 0 radical (unpaired) electrons. The average molecular weight is 715 g/mol.